The molecule has 1 unspecified atom stereocenters. The molecule has 1 atom stereocenters. The average molecular weight is 444 g/mol. The van der Waals surface area contributed by atoms with Crippen LogP contribution in [0.5, 0.6) is 0 Å². The van der Waals surface area contributed by atoms with Gasteiger partial charge in [-0.1, -0.05) is 29.9 Å². The van der Waals surface area contributed by atoms with Crippen LogP contribution in [-0.2, 0) is 26.5 Å². The molecule has 10 heteroatoms. The maximum Gasteiger partial charge on any atom is 0.263 e. The molecular formula is C18H22ClN3O4S2. The molecule has 1 saturated heterocycles. The number of aryl methyl sites for hydroxylation is 1. The molecule has 0 aliphatic carbocycles. The highest BCUT2D eigenvalue weighted by atomic mass is 35.5. The lowest BCUT2D eigenvalue weighted by molar-refractivity contribution is -0.130. The van der Waals surface area contributed by atoms with Crippen LogP contribution in [0.3, 0.4) is 0 Å². The zero-order valence-electron chi connectivity index (χ0n) is 15.7. The van der Waals surface area contributed by atoms with Crippen molar-refractivity contribution in [2.75, 3.05) is 24.6 Å². The fourth-order valence-corrected chi connectivity index (χ4v) is 5.70. The number of fused-ring (bicyclic) bond motifs is 1. The van der Waals surface area contributed by atoms with Crippen molar-refractivity contribution in [3.8, 4) is 0 Å². The molecule has 0 radical (unpaired) electrons. The van der Waals surface area contributed by atoms with Crippen LogP contribution in [0, 0.1) is 5.92 Å². The number of benzene rings is 1. The van der Waals surface area contributed by atoms with Gasteiger partial charge in [0.1, 0.15) is 11.5 Å². The van der Waals surface area contributed by atoms with Gasteiger partial charge in [-0.3, -0.25) is 9.59 Å². The van der Waals surface area contributed by atoms with E-state index >= 15 is 0 Å². The number of amides is 2. The predicted molar refractivity (Wildman–Crippen MR) is 110 cm³/mol. The molecule has 1 aromatic carbocycles. The SMILES string of the molecule is CC1CCCN(C(=O)CS(=O)(=O)CC(=O)N=c2sc3cc(Cl)ccc3n2C)C1. The smallest absolute Gasteiger partial charge is 0.263 e. The predicted octanol–water partition coefficient (Wildman–Crippen LogP) is 1.99. The van der Waals surface area contributed by atoms with Crippen molar-refractivity contribution < 1.29 is 18.0 Å². The molecule has 2 heterocycles. The maximum atomic E-state index is 12.3. The van der Waals surface area contributed by atoms with E-state index in [9.17, 15) is 18.0 Å². The third kappa shape index (κ3) is 5.01. The van der Waals surface area contributed by atoms with E-state index < -0.39 is 33.2 Å². The summed E-state index contributed by atoms with van der Waals surface area (Å²) in [6.45, 7) is 3.17. The van der Waals surface area contributed by atoms with Gasteiger partial charge in [0.15, 0.2) is 14.6 Å². The number of carbonyl (C=O) groups is 2. The van der Waals surface area contributed by atoms with Crippen molar-refractivity contribution >= 4 is 54.8 Å². The summed E-state index contributed by atoms with van der Waals surface area (Å²) in [5, 5.41) is 0.570. The lowest BCUT2D eigenvalue weighted by Gasteiger charge is -2.30. The zero-order chi connectivity index (χ0) is 20.5. The maximum absolute atomic E-state index is 12.3. The molecule has 0 spiro atoms. The lowest BCUT2D eigenvalue weighted by atomic mass is 10.0. The number of hydrogen-bond acceptors (Lipinski definition) is 5. The first-order valence-electron chi connectivity index (χ1n) is 8.95. The minimum absolute atomic E-state index is 0.360. The molecule has 0 bridgehead atoms. The summed E-state index contributed by atoms with van der Waals surface area (Å²) in [4.78, 5) is 30.4. The summed E-state index contributed by atoms with van der Waals surface area (Å²) in [7, 11) is -2.13. The number of piperidine rings is 1. The van der Waals surface area contributed by atoms with Crippen LogP contribution in [0.4, 0.5) is 0 Å². The Balaban J connectivity index is 1.72. The van der Waals surface area contributed by atoms with Crippen LogP contribution in [-0.4, -0.2) is 54.3 Å². The normalized spacial score (nSPS) is 18.6. The first kappa shape index (κ1) is 21.0. The Morgan fingerprint density at radius 3 is 2.79 bits per heavy atom. The van der Waals surface area contributed by atoms with Gasteiger partial charge in [-0.2, -0.15) is 4.99 Å². The monoisotopic (exact) mass is 443 g/mol. The summed E-state index contributed by atoms with van der Waals surface area (Å²) >= 11 is 7.23. The van der Waals surface area contributed by atoms with Gasteiger partial charge in [-0.25, -0.2) is 8.42 Å². The molecule has 7 nitrogen and oxygen atoms in total. The first-order chi connectivity index (χ1) is 13.1. The van der Waals surface area contributed by atoms with Gasteiger partial charge in [0.05, 0.1) is 10.2 Å². The zero-order valence-corrected chi connectivity index (χ0v) is 18.1. The van der Waals surface area contributed by atoms with Crippen LogP contribution in [0.2, 0.25) is 5.02 Å². The summed E-state index contributed by atoms with van der Waals surface area (Å²) in [6.07, 6.45) is 1.90. The molecule has 28 heavy (non-hydrogen) atoms. The van der Waals surface area contributed by atoms with E-state index in [1.807, 2.05) is 13.0 Å². The van der Waals surface area contributed by atoms with Gasteiger partial charge in [-0.05, 0) is 37.0 Å². The number of nitrogens with zero attached hydrogens (tertiary/aromatic N) is 3. The van der Waals surface area contributed by atoms with Crippen molar-refractivity contribution in [2.24, 2.45) is 18.0 Å². The second-order valence-electron chi connectivity index (χ2n) is 7.18. The van der Waals surface area contributed by atoms with Gasteiger partial charge in [-0.15, -0.1) is 0 Å². The average Bonchev–Trinajstić information content (AvgIpc) is 2.88. The summed E-state index contributed by atoms with van der Waals surface area (Å²) < 4.78 is 27.2. The molecule has 2 aromatic rings. The summed E-state index contributed by atoms with van der Waals surface area (Å²) in [5.41, 5.74) is 0.846. The van der Waals surface area contributed by atoms with Crippen molar-refractivity contribution in [1.82, 2.24) is 9.47 Å². The Labute approximate surface area is 172 Å². The largest absolute Gasteiger partial charge is 0.342 e. The minimum atomic E-state index is -3.88. The fourth-order valence-electron chi connectivity index (χ4n) is 3.29. The molecule has 3 rings (SSSR count). The number of rotatable bonds is 4. The van der Waals surface area contributed by atoms with E-state index in [-0.39, 0.29) is 0 Å². The molecule has 0 N–H and O–H groups in total. The molecule has 1 fully saturated rings. The van der Waals surface area contributed by atoms with Crippen LogP contribution >= 0.6 is 22.9 Å². The van der Waals surface area contributed by atoms with Gasteiger partial charge < -0.3 is 9.47 Å². The highest BCUT2D eigenvalue weighted by Gasteiger charge is 2.27. The standard InChI is InChI=1S/C18H22ClN3O4S2/c1-12-4-3-7-22(9-12)17(24)11-28(25,26)10-16(23)20-18-21(2)14-6-5-13(19)8-15(14)27-18/h5-6,8,12H,3-4,7,9-11H2,1-2H3. The molecule has 1 aromatic heterocycles. The highest BCUT2D eigenvalue weighted by Crippen LogP contribution is 2.21. The number of hydrogen-bond donors (Lipinski definition) is 0. The minimum Gasteiger partial charge on any atom is -0.342 e. The number of aromatic nitrogens is 1. The van der Waals surface area contributed by atoms with E-state index in [0.717, 1.165) is 23.1 Å². The molecule has 152 valence electrons. The molecule has 2 amide bonds. The third-order valence-electron chi connectivity index (χ3n) is 4.69. The topological polar surface area (TPSA) is 88.8 Å². The Hall–Kier alpha value is -1.71. The van der Waals surface area contributed by atoms with E-state index in [0.29, 0.717) is 28.8 Å². The Morgan fingerprint density at radius 2 is 2.07 bits per heavy atom. The molecule has 1 aliphatic rings. The number of halogens is 1. The number of likely N-dealkylation sites (tertiary alicyclic amines) is 1. The Bertz CT molecular complexity index is 1090. The van der Waals surface area contributed by atoms with E-state index in [4.69, 9.17) is 11.6 Å². The Morgan fingerprint density at radius 1 is 1.32 bits per heavy atom. The summed E-state index contributed by atoms with van der Waals surface area (Å²) in [6, 6.07) is 5.31. The number of thiazole rings is 1. The second-order valence-corrected chi connectivity index (χ2v) is 10.7. The van der Waals surface area contributed by atoms with E-state index in [1.165, 1.54) is 11.3 Å². The van der Waals surface area contributed by atoms with Gasteiger partial charge in [0, 0.05) is 25.2 Å². The van der Waals surface area contributed by atoms with Crippen LogP contribution in [0.15, 0.2) is 23.2 Å². The van der Waals surface area contributed by atoms with Crippen LogP contribution in [0.25, 0.3) is 10.2 Å². The number of carbonyl (C=O) groups excluding carboxylic acids is 2. The third-order valence-corrected chi connectivity index (χ3v) is 7.39. The van der Waals surface area contributed by atoms with Crippen molar-refractivity contribution in [2.45, 2.75) is 19.8 Å². The van der Waals surface area contributed by atoms with Crippen LogP contribution in [0.1, 0.15) is 19.8 Å². The highest BCUT2D eigenvalue weighted by molar-refractivity contribution is 7.92. The van der Waals surface area contributed by atoms with Gasteiger partial charge >= 0.3 is 0 Å². The summed E-state index contributed by atoms with van der Waals surface area (Å²) in [5.74, 6) is -2.31. The molecule has 0 saturated carbocycles. The van der Waals surface area contributed by atoms with Gasteiger partial charge in [0.2, 0.25) is 5.91 Å². The molecule has 1 aliphatic heterocycles. The van der Waals surface area contributed by atoms with E-state index in [2.05, 4.69) is 4.99 Å². The van der Waals surface area contributed by atoms with E-state index in [1.54, 1.807) is 28.6 Å². The van der Waals surface area contributed by atoms with Gasteiger partial charge in [0.25, 0.3) is 5.91 Å². The lowest BCUT2D eigenvalue weighted by Crippen LogP contribution is -2.42. The van der Waals surface area contributed by atoms with Crippen LogP contribution < -0.4 is 4.80 Å². The second kappa shape index (κ2) is 8.34. The van der Waals surface area contributed by atoms with Crippen molar-refractivity contribution in [3.63, 3.8) is 0 Å². The first-order valence-corrected chi connectivity index (χ1v) is 12.0. The Kier molecular flexibility index (Phi) is 6.26. The molecular weight excluding hydrogens is 422 g/mol. The fraction of sp³-hybridized carbons (Fsp3) is 0.500. The number of sulfone groups is 1. The van der Waals surface area contributed by atoms with Crippen molar-refractivity contribution in [3.05, 3.63) is 28.0 Å². The quantitative estimate of drug-likeness (QED) is 0.722. The van der Waals surface area contributed by atoms with Crippen molar-refractivity contribution in [1.29, 1.82) is 0 Å².